The number of halogens is 1. The molecule has 3 nitrogen and oxygen atoms in total. The van der Waals surface area contributed by atoms with E-state index in [0.29, 0.717) is 18.4 Å². The molecule has 104 valence electrons. The Hall–Kier alpha value is -0.870. The van der Waals surface area contributed by atoms with Gasteiger partial charge in [-0.05, 0) is 59.8 Å². The van der Waals surface area contributed by atoms with Gasteiger partial charge in [0.15, 0.2) is 5.78 Å². The summed E-state index contributed by atoms with van der Waals surface area (Å²) in [4.78, 5) is 12.2. The van der Waals surface area contributed by atoms with Gasteiger partial charge in [0.05, 0.1) is 17.7 Å². The summed E-state index contributed by atoms with van der Waals surface area (Å²) in [5.41, 5.74) is 0.743. The van der Waals surface area contributed by atoms with Gasteiger partial charge >= 0.3 is 0 Å². The SMILES string of the molecule is CCOC1CC(CC(=O)c2ccc(OC)c(Br)c2)C1. The molecule has 4 heteroatoms. The summed E-state index contributed by atoms with van der Waals surface area (Å²) < 4.78 is 11.5. The van der Waals surface area contributed by atoms with Crippen LogP contribution in [0.2, 0.25) is 0 Å². The lowest BCUT2D eigenvalue weighted by atomic mass is 9.78. The third-order valence-electron chi connectivity index (χ3n) is 3.54. The zero-order valence-corrected chi connectivity index (χ0v) is 12.9. The molecule has 1 saturated carbocycles. The Morgan fingerprint density at radius 2 is 2.16 bits per heavy atom. The smallest absolute Gasteiger partial charge is 0.163 e. The molecule has 0 bridgehead atoms. The molecule has 19 heavy (non-hydrogen) atoms. The molecule has 0 spiro atoms. The largest absolute Gasteiger partial charge is 0.496 e. The molecule has 1 aromatic rings. The minimum absolute atomic E-state index is 0.198. The lowest BCUT2D eigenvalue weighted by molar-refractivity contribution is -0.0246. The summed E-state index contributed by atoms with van der Waals surface area (Å²) in [6.07, 6.45) is 3.00. The van der Waals surface area contributed by atoms with Crippen molar-refractivity contribution in [3.8, 4) is 5.75 Å². The van der Waals surface area contributed by atoms with Crippen LogP contribution in [0.15, 0.2) is 22.7 Å². The topological polar surface area (TPSA) is 35.5 Å². The fourth-order valence-corrected chi connectivity index (χ4v) is 2.97. The van der Waals surface area contributed by atoms with Crippen molar-refractivity contribution in [3.05, 3.63) is 28.2 Å². The first-order valence-electron chi connectivity index (χ1n) is 6.62. The van der Waals surface area contributed by atoms with E-state index in [-0.39, 0.29) is 5.78 Å². The molecule has 2 rings (SSSR count). The molecule has 1 aliphatic carbocycles. The van der Waals surface area contributed by atoms with Gasteiger partial charge in [0.2, 0.25) is 0 Å². The molecule has 1 aromatic carbocycles. The van der Waals surface area contributed by atoms with Gasteiger partial charge in [-0.1, -0.05) is 0 Å². The van der Waals surface area contributed by atoms with Crippen molar-refractivity contribution in [2.75, 3.05) is 13.7 Å². The second kappa shape index (κ2) is 6.53. The van der Waals surface area contributed by atoms with Gasteiger partial charge in [0, 0.05) is 18.6 Å². The molecule has 0 saturated heterocycles. The number of ketones is 1. The average molecular weight is 327 g/mol. The van der Waals surface area contributed by atoms with Crippen LogP contribution in [0.1, 0.15) is 36.5 Å². The fraction of sp³-hybridized carbons (Fsp3) is 0.533. The molecule has 0 atom stereocenters. The second-order valence-corrected chi connectivity index (χ2v) is 5.75. The van der Waals surface area contributed by atoms with Gasteiger partial charge in [-0.15, -0.1) is 0 Å². The number of hydrogen-bond acceptors (Lipinski definition) is 3. The Morgan fingerprint density at radius 1 is 1.42 bits per heavy atom. The molecule has 0 aliphatic heterocycles. The van der Waals surface area contributed by atoms with Crippen molar-refractivity contribution in [3.63, 3.8) is 0 Å². The molecule has 0 heterocycles. The predicted molar refractivity (Wildman–Crippen MR) is 77.8 cm³/mol. The third-order valence-corrected chi connectivity index (χ3v) is 4.16. The van der Waals surface area contributed by atoms with Crippen molar-refractivity contribution in [1.82, 2.24) is 0 Å². The van der Waals surface area contributed by atoms with Crippen LogP contribution in [0.5, 0.6) is 5.75 Å². The summed E-state index contributed by atoms with van der Waals surface area (Å²) in [5.74, 6) is 1.42. The first kappa shape index (κ1) is 14.5. The van der Waals surface area contributed by atoms with Crippen molar-refractivity contribution >= 4 is 21.7 Å². The number of Topliss-reactive ketones (excluding diaryl/α,β-unsaturated/α-hetero) is 1. The first-order chi connectivity index (χ1) is 9.13. The number of benzene rings is 1. The quantitative estimate of drug-likeness (QED) is 0.745. The summed E-state index contributed by atoms with van der Waals surface area (Å²) in [7, 11) is 1.61. The number of hydrogen-bond donors (Lipinski definition) is 0. The van der Waals surface area contributed by atoms with E-state index >= 15 is 0 Å². The van der Waals surface area contributed by atoms with Gasteiger partial charge in [-0.25, -0.2) is 0 Å². The summed E-state index contributed by atoms with van der Waals surface area (Å²) in [5, 5.41) is 0. The first-order valence-corrected chi connectivity index (χ1v) is 7.41. The van der Waals surface area contributed by atoms with Gasteiger partial charge in [-0.3, -0.25) is 4.79 Å². The van der Waals surface area contributed by atoms with Crippen LogP contribution in [0.4, 0.5) is 0 Å². The van der Waals surface area contributed by atoms with Crippen LogP contribution in [0.25, 0.3) is 0 Å². The van der Waals surface area contributed by atoms with Crippen LogP contribution in [0, 0.1) is 5.92 Å². The van der Waals surface area contributed by atoms with Gasteiger partial charge in [0.1, 0.15) is 5.75 Å². The maximum absolute atomic E-state index is 12.2. The molecule has 0 N–H and O–H groups in total. The van der Waals surface area contributed by atoms with E-state index in [0.717, 1.165) is 35.2 Å². The molecule has 1 aliphatic rings. The zero-order valence-electron chi connectivity index (χ0n) is 11.3. The molecule has 0 radical (unpaired) electrons. The number of rotatable bonds is 6. The highest BCUT2D eigenvalue weighted by molar-refractivity contribution is 9.10. The second-order valence-electron chi connectivity index (χ2n) is 4.89. The zero-order chi connectivity index (χ0) is 13.8. The van der Waals surface area contributed by atoms with E-state index < -0.39 is 0 Å². The highest BCUT2D eigenvalue weighted by Crippen LogP contribution is 2.34. The van der Waals surface area contributed by atoms with Gasteiger partial charge in [0.25, 0.3) is 0 Å². The van der Waals surface area contributed by atoms with Gasteiger partial charge < -0.3 is 9.47 Å². The molecular weight excluding hydrogens is 308 g/mol. The van der Waals surface area contributed by atoms with Crippen molar-refractivity contribution in [2.45, 2.75) is 32.3 Å². The van der Waals surface area contributed by atoms with E-state index in [9.17, 15) is 4.79 Å². The van der Waals surface area contributed by atoms with E-state index in [2.05, 4.69) is 15.9 Å². The minimum Gasteiger partial charge on any atom is -0.496 e. The van der Waals surface area contributed by atoms with Crippen LogP contribution in [0.3, 0.4) is 0 Å². The van der Waals surface area contributed by atoms with Crippen LogP contribution in [-0.4, -0.2) is 25.6 Å². The molecule has 0 unspecified atom stereocenters. The van der Waals surface area contributed by atoms with Crippen molar-refractivity contribution in [2.24, 2.45) is 5.92 Å². The summed E-state index contributed by atoms with van der Waals surface area (Å²) in [6, 6.07) is 5.48. The number of ether oxygens (including phenoxy) is 2. The van der Waals surface area contributed by atoms with E-state index in [1.54, 1.807) is 7.11 Å². The van der Waals surface area contributed by atoms with E-state index in [4.69, 9.17) is 9.47 Å². The Kier molecular flexibility index (Phi) is 4.99. The molecule has 0 aromatic heterocycles. The van der Waals surface area contributed by atoms with Gasteiger partial charge in [-0.2, -0.15) is 0 Å². The van der Waals surface area contributed by atoms with Crippen LogP contribution < -0.4 is 4.74 Å². The molecule has 0 amide bonds. The normalized spacial score (nSPS) is 21.8. The van der Waals surface area contributed by atoms with E-state index in [1.165, 1.54) is 0 Å². The Balaban J connectivity index is 1.89. The lowest BCUT2D eigenvalue weighted by Gasteiger charge is -2.34. The Bertz CT molecular complexity index is 453. The Labute approximate surface area is 122 Å². The lowest BCUT2D eigenvalue weighted by Crippen LogP contribution is -2.32. The number of carbonyl (C=O) groups is 1. The van der Waals surface area contributed by atoms with Crippen molar-refractivity contribution < 1.29 is 14.3 Å². The number of carbonyl (C=O) groups excluding carboxylic acids is 1. The average Bonchev–Trinajstić information content (AvgIpc) is 2.36. The predicted octanol–water partition coefficient (Wildman–Crippen LogP) is 3.85. The highest BCUT2D eigenvalue weighted by Gasteiger charge is 2.31. The van der Waals surface area contributed by atoms with Crippen LogP contribution in [-0.2, 0) is 4.74 Å². The monoisotopic (exact) mass is 326 g/mol. The van der Waals surface area contributed by atoms with E-state index in [1.807, 2.05) is 25.1 Å². The highest BCUT2D eigenvalue weighted by atomic mass is 79.9. The third kappa shape index (κ3) is 3.57. The standard InChI is InChI=1S/C15H19BrO3/c1-3-19-12-6-10(7-12)8-14(17)11-4-5-15(18-2)13(16)9-11/h4-5,9-10,12H,3,6-8H2,1-2H3. The maximum atomic E-state index is 12.2. The van der Waals surface area contributed by atoms with Crippen molar-refractivity contribution in [1.29, 1.82) is 0 Å². The molecular formula is C15H19BrO3. The van der Waals surface area contributed by atoms with Crippen LogP contribution >= 0.6 is 15.9 Å². The number of methoxy groups -OCH3 is 1. The maximum Gasteiger partial charge on any atom is 0.163 e. The summed E-state index contributed by atoms with van der Waals surface area (Å²) >= 11 is 3.41. The molecule has 1 fully saturated rings. The Morgan fingerprint density at radius 3 is 2.74 bits per heavy atom. The summed E-state index contributed by atoms with van der Waals surface area (Å²) in [6.45, 7) is 2.77. The fourth-order valence-electron chi connectivity index (χ4n) is 2.43. The minimum atomic E-state index is 0.198.